The van der Waals surface area contributed by atoms with E-state index in [-0.39, 0.29) is 30.0 Å². The zero-order chi connectivity index (χ0) is 20.0. The van der Waals surface area contributed by atoms with Crippen LogP contribution in [0.25, 0.3) is 11.0 Å². The van der Waals surface area contributed by atoms with Crippen LogP contribution in [-0.4, -0.2) is 34.9 Å². The van der Waals surface area contributed by atoms with Crippen molar-refractivity contribution < 1.29 is 17.6 Å². The lowest BCUT2D eigenvalue weighted by atomic mass is 10.1. The number of imidazole rings is 1. The Hall–Kier alpha value is -2.32. The number of rotatable bonds is 3. The third-order valence-corrected chi connectivity index (χ3v) is 5.32. The van der Waals surface area contributed by atoms with Crippen LogP contribution in [0.15, 0.2) is 30.3 Å². The molecule has 9 heteroatoms. The summed E-state index contributed by atoms with van der Waals surface area (Å²) in [4.78, 5) is 6.21. The molecule has 1 aliphatic rings. The highest BCUT2D eigenvalue weighted by molar-refractivity contribution is 6.31. The molecule has 0 spiro atoms. The summed E-state index contributed by atoms with van der Waals surface area (Å²) in [5, 5.41) is 0.203. The third kappa shape index (κ3) is 3.42. The molecule has 0 saturated carbocycles. The van der Waals surface area contributed by atoms with Gasteiger partial charge in [0.05, 0.1) is 23.6 Å². The van der Waals surface area contributed by atoms with E-state index in [9.17, 15) is 17.6 Å². The molecule has 1 aromatic heterocycles. The van der Waals surface area contributed by atoms with Crippen LogP contribution in [0.3, 0.4) is 0 Å². The Morgan fingerprint density at radius 2 is 1.89 bits per heavy atom. The number of halogens is 5. The summed E-state index contributed by atoms with van der Waals surface area (Å²) in [6.07, 6.45) is -0.889. The second-order valence-electron chi connectivity index (χ2n) is 6.90. The lowest BCUT2D eigenvalue weighted by Gasteiger charge is -2.34. The van der Waals surface area contributed by atoms with Gasteiger partial charge >= 0.3 is 0 Å². The van der Waals surface area contributed by atoms with Gasteiger partial charge in [-0.25, -0.2) is 22.5 Å². The fraction of sp³-hybridized carbons (Fsp3) is 0.316. The van der Waals surface area contributed by atoms with Gasteiger partial charge < -0.3 is 15.2 Å². The average molecular weight is 413 g/mol. The number of anilines is 1. The molecule has 2 N–H and O–H groups in total. The van der Waals surface area contributed by atoms with Crippen LogP contribution in [0.2, 0.25) is 5.02 Å². The SMILES string of the molecule is N[C@@H]1CN(c2nc3cc(F)c(F)cc3n2Cc2ccc(F)cc2Cl)CC[C@H]1F. The highest BCUT2D eigenvalue weighted by Gasteiger charge is 2.29. The third-order valence-electron chi connectivity index (χ3n) is 4.97. The number of nitrogens with two attached hydrogens (primary N) is 1. The highest BCUT2D eigenvalue weighted by atomic mass is 35.5. The van der Waals surface area contributed by atoms with E-state index in [1.165, 1.54) is 18.2 Å². The summed E-state index contributed by atoms with van der Waals surface area (Å²) in [6.45, 7) is 0.730. The summed E-state index contributed by atoms with van der Waals surface area (Å²) in [5.74, 6) is -2.09. The van der Waals surface area contributed by atoms with Crippen molar-refractivity contribution in [2.24, 2.45) is 5.73 Å². The summed E-state index contributed by atoms with van der Waals surface area (Å²) in [6, 6.07) is 5.35. The normalized spacial score (nSPS) is 20.1. The minimum atomic E-state index is -1.12. The van der Waals surface area contributed by atoms with Gasteiger partial charge in [0, 0.05) is 30.2 Å². The van der Waals surface area contributed by atoms with Crippen molar-refractivity contribution in [3.05, 3.63) is 58.4 Å². The number of aromatic nitrogens is 2. The first-order valence-corrected chi connectivity index (χ1v) is 9.15. The van der Waals surface area contributed by atoms with Crippen molar-refractivity contribution in [2.45, 2.75) is 25.2 Å². The predicted molar refractivity (Wildman–Crippen MR) is 99.9 cm³/mol. The highest BCUT2D eigenvalue weighted by Crippen LogP contribution is 2.29. The molecule has 0 radical (unpaired) electrons. The molecule has 28 heavy (non-hydrogen) atoms. The van der Waals surface area contributed by atoms with E-state index >= 15 is 0 Å². The van der Waals surface area contributed by atoms with Gasteiger partial charge in [-0.2, -0.15) is 0 Å². The number of alkyl halides is 1. The van der Waals surface area contributed by atoms with Crippen LogP contribution in [0.5, 0.6) is 0 Å². The monoisotopic (exact) mass is 412 g/mol. The Bertz CT molecular complexity index is 1040. The summed E-state index contributed by atoms with van der Waals surface area (Å²) >= 11 is 6.14. The number of piperidine rings is 1. The zero-order valence-electron chi connectivity index (χ0n) is 14.7. The van der Waals surface area contributed by atoms with E-state index in [0.29, 0.717) is 23.6 Å². The molecule has 1 fully saturated rings. The van der Waals surface area contributed by atoms with Crippen LogP contribution in [0.1, 0.15) is 12.0 Å². The molecular formula is C19H17ClF4N4. The number of nitrogens with zero attached hydrogens (tertiary/aromatic N) is 3. The number of benzene rings is 2. The number of fused-ring (bicyclic) bond motifs is 1. The van der Waals surface area contributed by atoms with Gasteiger partial charge in [-0.15, -0.1) is 0 Å². The number of hydrogen-bond acceptors (Lipinski definition) is 3. The van der Waals surface area contributed by atoms with Crippen molar-refractivity contribution in [1.29, 1.82) is 0 Å². The van der Waals surface area contributed by atoms with Crippen molar-refractivity contribution in [2.75, 3.05) is 18.0 Å². The standard InChI is InChI=1S/C19H17ClF4N4/c20-12-5-11(21)2-1-10(12)8-28-18-7-15(24)14(23)6-17(18)26-19(28)27-4-3-13(22)16(25)9-27/h1-2,5-7,13,16H,3-4,8-9,25H2/t13-,16-/m1/s1. The molecule has 2 atom stereocenters. The van der Waals surface area contributed by atoms with Gasteiger partial charge in [-0.3, -0.25) is 0 Å². The molecule has 1 saturated heterocycles. The fourth-order valence-electron chi connectivity index (χ4n) is 3.46. The van der Waals surface area contributed by atoms with Gasteiger partial charge in [-0.05, 0) is 24.1 Å². The van der Waals surface area contributed by atoms with Gasteiger partial charge in [0.2, 0.25) is 5.95 Å². The lowest BCUT2D eigenvalue weighted by Crippen LogP contribution is -2.50. The first kappa shape index (κ1) is 19.0. The van der Waals surface area contributed by atoms with Crippen molar-refractivity contribution >= 4 is 28.6 Å². The predicted octanol–water partition coefficient (Wildman–Crippen LogP) is 4.03. The maximum Gasteiger partial charge on any atom is 0.206 e. The average Bonchev–Trinajstić information content (AvgIpc) is 2.97. The van der Waals surface area contributed by atoms with E-state index in [1.807, 2.05) is 0 Å². The van der Waals surface area contributed by atoms with Crippen molar-refractivity contribution in [3.63, 3.8) is 0 Å². The minimum absolute atomic E-state index is 0.154. The Morgan fingerprint density at radius 3 is 2.61 bits per heavy atom. The molecule has 0 amide bonds. The number of hydrogen-bond donors (Lipinski definition) is 1. The smallest absolute Gasteiger partial charge is 0.206 e. The summed E-state index contributed by atoms with van der Waals surface area (Å²) in [7, 11) is 0. The molecule has 0 unspecified atom stereocenters. The van der Waals surface area contributed by atoms with Crippen molar-refractivity contribution in [3.8, 4) is 0 Å². The maximum absolute atomic E-state index is 13.9. The van der Waals surface area contributed by atoms with Crippen molar-refractivity contribution in [1.82, 2.24) is 9.55 Å². The Morgan fingerprint density at radius 1 is 1.14 bits per heavy atom. The van der Waals surface area contributed by atoms with E-state index in [1.54, 1.807) is 9.47 Å². The maximum atomic E-state index is 13.9. The molecule has 0 aliphatic carbocycles. The van der Waals surface area contributed by atoms with Gasteiger partial charge in [0.1, 0.15) is 12.0 Å². The molecule has 2 aromatic carbocycles. The summed E-state index contributed by atoms with van der Waals surface area (Å²) in [5.41, 5.74) is 7.04. The minimum Gasteiger partial charge on any atom is -0.340 e. The van der Waals surface area contributed by atoms with Crippen LogP contribution >= 0.6 is 11.6 Å². The van der Waals surface area contributed by atoms with Gasteiger partial charge in [-0.1, -0.05) is 17.7 Å². The van der Waals surface area contributed by atoms with E-state index in [4.69, 9.17) is 17.3 Å². The van der Waals surface area contributed by atoms with Gasteiger partial charge in [0.25, 0.3) is 0 Å². The molecule has 2 heterocycles. The quantitative estimate of drug-likeness (QED) is 0.661. The first-order chi connectivity index (χ1) is 13.3. The molecule has 0 bridgehead atoms. The zero-order valence-corrected chi connectivity index (χ0v) is 15.4. The van der Waals surface area contributed by atoms with Gasteiger partial charge in [0.15, 0.2) is 11.6 Å². The molecule has 4 nitrogen and oxygen atoms in total. The topological polar surface area (TPSA) is 47.1 Å². The van der Waals surface area contributed by atoms with Crippen LogP contribution in [0.4, 0.5) is 23.5 Å². The Labute approximate surface area is 163 Å². The van der Waals surface area contributed by atoms with Crippen LogP contribution in [0, 0.1) is 17.5 Å². The molecule has 148 valence electrons. The second-order valence-corrected chi connectivity index (χ2v) is 7.31. The van der Waals surface area contributed by atoms with Crippen LogP contribution in [-0.2, 0) is 6.54 Å². The molecule has 3 aromatic rings. The molecule has 1 aliphatic heterocycles. The fourth-order valence-corrected chi connectivity index (χ4v) is 3.69. The van der Waals surface area contributed by atoms with Crippen LogP contribution < -0.4 is 10.6 Å². The van der Waals surface area contributed by atoms with E-state index < -0.39 is 29.7 Å². The second kappa shape index (κ2) is 7.25. The Balaban J connectivity index is 1.83. The molecular weight excluding hydrogens is 396 g/mol. The first-order valence-electron chi connectivity index (χ1n) is 8.77. The Kier molecular flexibility index (Phi) is 4.93. The van der Waals surface area contributed by atoms with E-state index in [2.05, 4.69) is 4.98 Å². The largest absolute Gasteiger partial charge is 0.340 e. The lowest BCUT2D eigenvalue weighted by molar-refractivity contribution is 0.243. The summed E-state index contributed by atoms with van der Waals surface area (Å²) < 4.78 is 56.4. The molecule has 4 rings (SSSR count). The van der Waals surface area contributed by atoms with E-state index in [0.717, 1.165) is 12.1 Å².